The number of rotatable bonds is 9. The summed E-state index contributed by atoms with van der Waals surface area (Å²) in [7, 11) is 0. The van der Waals surface area contributed by atoms with Crippen molar-refractivity contribution in [2.24, 2.45) is 0 Å². The van der Waals surface area contributed by atoms with Crippen molar-refractivity contribution in [3.63, 3.8) is 0 Å². The van der Waals surface area contributed by atoms with Crippen LogP contribution in [0.4, 0.5) is 15.2 Å². The third-order valence-electron chi connectivity index (χ3n) is 4.77. The van der Waals surface area contributed by atoms with E-state index in [1.807, 2.05) is 25.1 Å². The van der Waals surface area contributed by atoms with E-state index >= 15 is 0 Å². The van der Waals surface area contributed by atoms with Gasteiger partial charge in [-0.05, 0) is 48.6 Å². The molecule has 5 nitrogen and oxygen atoms in total. The number of para-hydroxylation sites is 1. The Balaban J connectivity index is 1.55. The lowest BCUT2D eigenvalue weighted by atomic mass is 9.97. The SMILES string of the molecule is CCC(C)c1ccccc1NC(=O)C(C)Sc1nnc(NCc2ccc(F)cc2)s1. The molecule has 0 radical (unpaired) electrons. The van der Waals surface area contributed by atoms with E-state index in [0.29, 0.717) is 17.6 Å². The van der Waals surface area contributed by atoms with Crippen molar-refractivity contribution < 1.29 is 9.18 Å². The smallest absolute Gasteiger partial charge is 0.237 e. The standard InChI is InChI=1S/C22H25FN4OS2/c1-4-14(2)18-7-5-6-8-19(18)25-20(28)15(3)29-22-27-26-21(30-22)24-13-16-9-11-17(23)12-10-16/h5-12,14-15H,4,13H2,1-3H3,(H,24,26)(H,25,28). The third kappa shape index (κ3) is 6.03. The van der Waals surface area contributed by atoms with Crippen LogP contribution in [0.3, 0.4) is 0 Å². The Kier molecular flexibility index (Phi) is 7.81. The number of benzene rings is 2. The van der Waals surface area contributed by atoms with Crippen LogP contribution in [-0.2, 0) is 11.3 Å². The number of thioether (sulfide) groups is 1. The van der Waals surface area contributed by atoms with E-state index in [2.05, 4.69) is 40.7 Å². The van der Waals surface area contributed by atoms with Crippen LogP contribution in [0.2, 0.25) is 0 Å². The second-order valence-corrected chi connectivity index (χ2v) is 9.56. The minimum absolute atomic E-state index is 0.0632. The van der Waals surface area contributed by atoms with Crippen LogP contribution in [0.25, 0.3) is 0 Å². The number of hydrogen-bond donors (Lipinski definition) is 2. The Hall–Kier alpha value is -2.45. The maximum absolute atomic E-state index is 13.0. The summed E-state index contributed by atoms with van der Waals surface area (Å²) >= 11 is 2.77. The molecule has 2 N–H and O–H groups in total. The minimum Gasteiger partial charge on any atom is -0.356 e. The number of hydrogen-bond acceptors (Lipinski definition) is 6. The van der Waals surface area contributed by atoms with E-state index in [9.17, 15) is 9.18 Å². The van der Waals surface area contributed by atoms with Gasteiger partial charge in [0.05, 0.1) is 5.25 Å². The van der Waals surface area contributed by atoms with Crippen molar-refractivity contribution in [2.75, 3.05) is 10.6 Å². The Labute approximate surface area is 184 Å². The highest BCUT2D eigenvalue weighted by molar-refractivity contribution is 8.02. The predicted molar refractivity (Wildman–Crippen MR) is 123 cm³/mol. The maximum Gasteiger partial charge on any atom is 0.237 e. The Morgan fingerprint density at radius 3 is 2.60 bits per heavy atom. The van der Waals surface area contributed by atoms with E-state index in [1.54, 1.807) is 12.1 Å². The molecular weight excluding hydrogens is 419 g/mol. The van der Waals surface area contributed by atoms with E-state index in [0.717, 1.165) is 27.6 Å². The van der Waals surface area contributed by atoms with Crippen LogP contribution < -0.4 is 10.6 Å². The average Bonchev–Trinajstić information content (AvgIpc) is 3.20. The molecule has 0 spiro atoms. The lowest BCUT2D eigenvalue weighted by Crippen LogP contribution is -2.23. The largest absolute Gasteiger partial charge is 0.356 e. The van der Waals surface area contributed by atoms with Crippen LogP contribution in [0.5, 0.6) is 0 Å². The monoisotopic (exact) mass is 444 g/mol. The van der Waals surface area contributed by atoms with Gasteiger partial charge in [0.15, 0.2) is 4.34 Å². The van der Waals surface area contributed by atoms with Gasteiger partial charge in [0.2, 0.25) is 11.0 Å². The molecule has 0 saturated heterocycles. The molecule has 0 aliphatic heterocycles. The lowest BCUT2D eigenvalue weighted by molar-refractivity contribution is -0.115. The summed E-state index contributed by atoms with van der Waals surface area (Å²) in [5, 5.41) is 14.9. The number of carbonyl (C=O) groups is 1. The molecule has 0 saturated carbocycles. The number of halogens is 1. The first-order valence-electron chi connectivity index (χ1n) is 9.84. The molecule has 1 heterocycles. The summed E-state index contributed by atoms with van der Waals surface area (Å²) in [4.78, 5) is 12.7. The molecular formula is C22H25FN4OS2. The van der Waals surface area contributed by atoms with Gasteiger partial charge in [0.25, 0.3) is 0 Å². The molecule has 3 rings (SSSR count). The zero-order valence-electron chi connectivity index (χ0n) is 17.2. The van der Waals surface area contributed by atoms with Crippen LogP contribution >= 0.6 is 23.1 Å². The van der Waals surface area contributed by atoms with Crippen molar-refractivity contribution in [3.8, 4) is 0 Å². The molecule has 2 aromatic carbocycles. The van der Waals surface area contributed by atoms with E-state index < -0.39 is 0 Å². The van der Waals surface area contributed by atoms with Gasteiger partial charge in [0.1, 0.15) is 5.82 Å². The fraction of sp³-hybridized carbons (Fsp3) is 0.318. The molecule has 0 aliphatic rings. The molecule has 2 atom stereocenters. The number of aromatic nitrogens is 2. The van der Waals surface area contributed by atoms with Crippen LogP contribution in [0.1, 0.15) is 44.2 Å². The van der Waals surface area contributed by atoms with Gasteiger partial charge in [-0.25, -0.2) is 4.39 Å². The summed E-state index contributed by atoms with van der Waals surface area (Å²) in [6.45, 7) is 6.69. The topological polar surface area (TPSA) is 66.9 Å². The van der Waals surface area contributed by atoms with Crippen LogP contribution in [0.15, 0.2) is 52.9 Å². The van der Waals surface area contributed by atoms with Gasteiger partial charge in [0, 0.05) is 12.2 Å². The summed E-state index contributed by atoms with van der Waals surface area (Å²) < 4.78 is 13.7. The van der Waals surface area contributed by atoms with Crippen molar-refractivity contribution in [2.45, 2.75) is 49.2 Å². The molecule has 30 heavy (non-hydrogen) atoms. The molecule has 3 aromatic rings. The summed E-state index contributed by atoms with van der Waals surface area (Å²) in [5.74, 6) is 0.0570. The zero-order chi connectivity index (χ0) is 21.5. The van der Waals surface area contributed by atoms with Crippen molar-refractivity contribution in [1.29, 1.82) is 0 Å². The number of nitrogens with zero attached hydrogens (tertiary/aromatic N) is 2. The average molecular weight is 445 g/mol. The molecule has 0 aliphatic carbocycles. The Morgan fingerprint density at radius 1 is 1.13 bits per heavy atom. The summed E-state index contributed by atoms with van der Waals surface area (Å²) in [6, 6.07) is 14.2. The molecule has 0 bridgehead atoms. The highest BCUT2D eigenvalue weighted by atomic mass is 32.2. The second kappa shape index (κ2) is 10.5. The van der Waals surface area contributed by atoms with Crippen molar-refractivity contribution in [3.05, 3.63) is 65.5 Å². The highest BCUT2D eigenvalue weighted by Crippen LogP contribution is 2.31. The van der Waals surface area contributed by atoms with Gasteiger partial charge in [-0.3, -0.25) is 4.79 Å². The molecule has 8 heteroatoms. The first-order chi connectivity index (χ1) is 14.5. The second-order valence-electron chi connectivity index (χ2n) is 7.00. The maximum atomic E-state index is 13.0. The highest BCUT2D eigenvalue weighted by Gasteiger charge is 2.19. The number of anilines is 2. The third-order valence-corrected chi connectivity index (χ3v) is 6.84. The van der Waals surface area contributed by atoms with E-state index in [1.165, 1.54) is 35.2 Å². The molecule has 1 amide bonds. The van der Waals surface area contributed by atoms with Gasteiger partial charge in [-0.15, -0.1) is 10.2 Å². The Bertz CT molecular complexity index is 977. The zero-order valence-corrected chi connectivity index (χ0v) is 18.8. The fourth-order valence-electron chi connectivity index (χ4n) is 2.81. The fourth-order valence-corrected chi connectivity index (χ4v) is 4.70. The van der Waals surface area contributed by atoms with Crippen molar-refractivity contribution >= 4 is 39.8 Å². The summed E-state index contributed by atoms with van der Waals surface area (Å²) in [5.41, 5.74) is 2.96. The van der Waals surface area contributed by atoms with Gasteiger partial charge in [-0.2, -0.15) is 0 Å². The summed E-state index contributed by atoms with van der Waals surface area (Å²) in [6.07, 6.45) is 1.01. The normalized spacial score (nSPS) is 12.9. The molecule has 158 valence electrons. The predicted octanol–water partition coefficient (Wildman–Crippen LogP) is 5.92. The van der Waals surface area contributed by atoms with E-state index in [-0.39, 0.29) is 17.0 Å². The Morgan fingerprint density at radius 2 is 1.87 bits per heavy atom. The van der Waals surface area contributed by atoms with Crippen molar-refractivity contribution in [1.82, 2.24) is 10.2 Å². The lowest BCUT2D eigenvalue weighted by Gasteiger charge is -2.17. The number of carbonyl (C=O) groups excluding carboxylic acids is 1. The van der Waals surface area contributed by atoms with Crippen LogP contribution in [-0.4, -0.2) is 21.4 Å². The van der Waals surface area contributed by atoms with Crippen LogP contribution in [0, 0.1) is 5.82 Å². The molecule has 1 aromatic heterocycles. The van der Waals surface area contributed by atoms with Gasteiger partial charge in [-0.1, -0.05) is 67.3 Å². The van der Waals surface area contributed by atoms with E-state index in [4.69, 9.17) is 0 Å². The van der Waals surface area contributed by atoms with Gasteiger partial charge >= 0.3 is 0 Å². The van der Waals surface area contributed by atoms with Gasteiger partial charge < -0.3 is 10.6 Å². The first-order valence-corrected chi connectivity index (χ1v) is 11.5. The quantitative estimate of drug-likeness (QED) is 0.401. The molecule has 0 fully saturated rings. The first kappa shape index (κ1) is 22.2. The number of amides is 1. The molecule has 2 unspecified atom stereocenters. The number of nitrogens with one attached hydrogen (secondary N) is 2. The minimum atomic E-state index is -0.312.